The zero-order chi connectivity index (χ0) is 32.9. The van der Waals surface area contributed by atoms with Crippen molar-refractivity contribution in [3.8, 4) is 11.5 Å². The number of hydrogen-bond acceptors (Lipinski definition) is 6. The van der Waals surface area contributed by atoms with Crippen molar-refractivity contribution < 1.29 is 58.5 Å². The zero-order valence-corrected chi connectivity index (χ0v) is 24.1. The minimum atomic E-state index is -4.87. The second-order valence-corrected chi connectivity index (χ2v) is 12.5. The maximum atomic E-state index is 16.1. The lowest BCUT2D eigenvalue weighted by molar-refractivity contribution is -0.140. The van der Waals surface area contributed by atoms with E-state index in [4.69, 9.17) is 14.6 Å². The predicted octanol–water partition coefficient (Wildman–Crippen LogP) is 6.24. The molecule has 0 bridgehead atoms. The number of rotatable bonds is 8. The van der Waals surface area contributed by atoms with Crippen molar-refractivity contribution in [3.63, 3.8) is 0 Å². The summed E-state index contributed by atoms with van der Waals surface area (Å²) in [7, 11) is -3.57. The van der Waals surface area contributed by atoms with Gasteiger partial charge in [0.1, 0.15) is 17.6 Å². The van der Waals surface area contributed by atoms with Gasteiger partial charge in [0.05, 0.1) is 48.5 Å². The molecule has 16 heteroatoms. The Balaban J connectivity index is 1.51. The van der Waals surface area contributed by atoms with Gasteiger partial charge < -0.3 is 19.5 Å². The molecule has 8 nitrogen and oxygen atoms in total. The summed E-state index contributed by atoms with van der Waals surface area (Å²) in [5.41, 5.74) is -5.50. The van der Waals surface area contributed by atoms with Crippen LogP contribution in [0.15, 0.2) is 65.6 Å². The number of halogens is 7. The molecule has 0 aromatic heterocycles. The summed E-state index contributed by atoms with van der Waals surface area (Å²) in [6.07, 6.45) is -11.2. The molecule has 2 aliphatic heterocycles. The van der Waals surface area contributed by atoms with Crippen LogP contribution in [-0.4, -0.2) is 52.3 Å². The second-order valence-electron chi connectivity index (χ2n) is 10.6. The van der Waals surface area contributed by atoms with Crippen LogP contribution in [0, 0.1) is 0 Å². The lowest BCUT2D eigenvalue weighted by atomic mass is 9.83. The van der Waals surface area contributed by atoms with Crippen LogP contribution in [0.1, 0.15) is 29.5 Å². The molecule has 0 saturated carbocycles. The van der Waals surface area contributed by atoms with Crippen LogP contribution in [-0.2, 0) is 32.8 Å². The number of carbonyl (C=O) groups is 1. The summed E-state index contributed by atoms with van der Waals surface area (Å²) < 4.78 is 137. The summed E-state index contributed by atoms with van der Waals surface area (Å²) in [5.74, 6) is -1.51. The van der Waals surface area contributed by atoms with E-state index in [1.807, 2.05) is 0 Å². The topological polar surface area (TPSA) is 96.4 Å². The quantitative estimate of drug-likeness (QED) is 0.286. The van der Waals surface area contributed by atoms with Crippen LogP contribution in [0.3, 0.4) is 0 Å². The summed E-state index contributed by atoms with van der Waals surface area (Å²) in [4.78, 5) is 11.8. The van der Waals surface area contributed by atoms with Crippen LogP contribution in [0.25, 0.3) is 0 Å². The van der Waals surface area contributed by atoms with Crippen LogP contribution >= 0.6 is 0 Å². The van der Waals surface area contributed by atoms with Crippen LogP contribution in [0.4, 0.5) is 42.1 Å². The highest BCUT2D eigenvalue weighted by Crippen LogP contribution is 2.49. The molecule has 0 unspecified atom stereocenters. The monoisotopic (exact) mass is 662 g/mol. The van der Waals surface area contributed by atoms with E-state index in [1.54, 1.807) is 0 Å². The Labute approximate surface area is 252 Å². The zero-order valence-electron chi connectivity index (χ0n) is 23.3. The first-order chi connectivity index (χ1) is 20.9. The van der Waals surface area contributed by atoms with Gasteiger partial charge in [-0.25, -0.2) is 12.8 Å². The molecule has 0 amide bonds. The van der Waals surface area contributed by atoms with E-state index in [2.05, 4.69) is 0 Å². The molecule has 0 spiro atoms. The van der Waals surface area contributed by atoms with Crippen LogP contribution < -0.4 is 18.7 Å². The third-order valence-corrected chi connectivity index (χ3v) is 9.33. The number of sulfonamides is 1. The SMILES string of the molecule is COc1cccc(C(F)(F)F)c1C1(F)CN(c2ccc3c(c2)N(S(=O)(=O)c2cccc(C(F)(F)F)c2)C[C@H](CCC(=O)O)O3)C1. The fraction of sp³-hybridized carbons (Fsp3) is 0.345. The number of methoxy groups -OCH3 is 1. The number of carboxylic acid groups (broad SMARTS) is 1. The van der Waals surface area contributed by atoms with Crippen LogP contribution in [0.2, 0.25) is 0 Å². The van der Waals surface area contributed by atoms with E-state index in [9.17, 15) is 39.6 Å². The predicted molar refractivity (Wildman–Crippen MR) is 147 cm³/mol. The fourth-order valence-corrected chi connectivity index (χ4v) is 6.96. The highest BCUT2D eigenvalue weighted by Gasteiger charge is 2.52. The molecule has 1 atom stereocenters. The molecule has 1 saturated heterocycles. The molecule has 3 aromatic carbocycles. The van der Waals surface area contributed by atoms with Gasteiger partial charge in [0.25, 0.3) is 10.0 Å². The molecule has 1 N–H and O–H groups in total. The smallest absolute Gasteiger partial charge is 0.416 e. The third kappa shape index (κ3) is 6.19. The van der Waals surface area contributed by atoms with Crippen molar-refractivity contribution in [2.75, 3.05) is 35.9 Å². The van der Waals surface area contributed by atoms with Gasteiger partial charge in [-0.3, -0.25) is 9.10 Å². The van der Waals surface area contributed by atoms with Crippen molar-refractivity contribution in [2.45, 2.75) is 41.9 Å². The number of aliphatic carboxylic acids is 1. The van der Waals surface area contributed by atoms with Crippen LogP contribution in [0.5, 0.6) is 11.5 Å². The van der Waals surface area contributed by atoms with Crippen molar-refractivity contribution >= 4 is 27.4 Å². The van der Waals surface area contributed by atoms with Gasteiger partial charge in [-0.2, -0.15) is 26.3 Å². The van der Waals surface area contributed by atoms with Gasteiger partial charge in [0.2, 0.25) is 0 Å². The maximum Gasteiger partial charge on any atom is 0.416 e. The summed E-state index contributed by atoms with van der Waals surface area (Å²) in [6, 6.07) is 10.2. The lowest BCUT2D eigenvalue weighted by Crippen LogP contribution is -2.57. The fourth-order valence-electron chi connectivity index (χ4n) is 5.42. The molecule has 5 rings (SSSR count). The molecular weight excluding hydrogens is 637 g/mol. The van der Waals surface area contributed by atoms with E-state index in [0.29, 0.717) is 12.1 Å². The van der Waals surface area contributed by atoms with E-state index in [-0.39, 0.29) is 35.7 Å². The number of alkyl halides is 7. The molecule has 0 radical (unpaired) electrons. The second kappa shape index (κ2) is 11.3. The molecule has 242 valence electrons. The minimum absolute atomic E-state index is 0.0351. The van der Waals surface area contributed by atoms with Gasteiger partial charge >= 0.3 is 18.3 Å². The average Bonchev–Trinajstić information content (AvgIpc) is 2.96. The first-order valence-electron chi connectivity index (χ1n) is 13.3. The van der Waals surface area contributed by atoms with Gasteiger partial charge in [-0.15, -0.1) is 0 Å². The highest BCUT2D eigenvalue weighted by molar-refractivity contribution is 7.92. The highest BCUT2D eigenvalue weighted by atomic mass is 32.2. The largest absolute Gasteiger partial charge is 0.496 e. The average molecular weight is 663 g/mol. The molecule has 45 heavy (non-hydrogen) atoms. The van der Waals surface area contributed by atoms with E-state index >= 15 is 4.39 Å². The Morgan fingerprint density at radius 3 is 2.33 bits per heavy atom. The number of carboxylic acids is 1. The Kier molecular flexibility index (Phi) is 8.08. The molecule has 3 aromatic rings. The Bertz CT molecular complexity index is 1720. The molecule has 0 aliphatic carbocycles. The summed E-state index contributed by atoms with van der Waals surface area (Å²) in [6.45, 7) is -1.57. The normalized spacial score (nSPS) is 18.1. The molecule has 2 heterocycles. The molecule has 2 aliphatic rings. The van der Waals surface area contributed by atoms with Gasteiger partial charge in [0.15, 0.2) is 5.67 Å². The Hall–Kier alpha value is -4.21. The molecule has 1 fully saturated rings. The number of nitrogens with zero attached hydrogens (tertiary/aromatic N) is 2. The standard InChI is InChI=1S/C29H25F7N2O6S/c1-43-24-7-3-6-21(29(34,35)36)26(24)27(30)15-37(16-27)18-8-10-23-22(13-18)38(14-19(44-23)9-11-25(39)40)45(41,42)20-5-2-4-17(12-20)28(31,32)33/h2-8,10,12-13,19H,9,11,14-16H2,1H3,(H,39,40)/t19-/m0/s1. The van der Waals surface area contributed by atoms with E-state index < -0.39 is 81.3 Å². The van der Waals surface area contributed by atoms with Gasteiger partial charge in [-0.05, 0) is 55.0 Å². The Morgan fingerprint density at radius 2 is 1.71 bits per heavy atom. The first kappa shape index (κ1) is 32.2. The van der Waals surface area contributed by atoms with Gasteiger partial charge in [-0.1, -0.05) is 12.1 Å². The summed E-state index contributed by atoms with van der Waals surface area (Å²) >= 11 is 0. The van der Waals surface area contributed by atoms with Crippen molar-refractivity contribution in [1.82, 2.24) is 0 Å². The van der Waals surface area contributed by atoms with Crippen molar-refractivity contribution in [2.24, 2.45) is 0 Å². The lowest BCUT2D eigenvalue weighted by Gasteiger charge is -2.47. The van der Waals surface area contributed by atoms with E-state index in [0.717, 1.165) is 35.7 Å². The number of anilines is 2. The number of benzene rings is 3. The third-order valence-electron chi connectivity index (χ3n) is 7.55. The molecular formula is C29H25F7N2O6S. The summed E-state index contributed by atoms with van der Waals surface area (Å²) in [5, 5.41) is 9.10. The number of ether oxygens (including phenoxy) is 2. The first-order valence-corrected chi connectivity index (χ1v) is 14.8. The minimum Gasteiger partial charge on any atom is -0.496 e. The van der Waals surface area contributed by atoms with Gasteiger partial charge in [0, 0.05) is 17.7 Å². The van der Waals surface area contributed by atoms with E-state index in [1.165, 1.54) is 29.2 Å². The Morgan fingerprint density at radius 1 is 1.02 bits per heavy atom. The maximum absolute atomic E-state index is 16.1. The number of fused-ring (bicyclic) bond motifs is 1. The van der Waals surface area contributed by atoms with Crippen molar-refractivity contribution in [1.29, 1.82) is 0 Å². The number of hydrogen-bond donors (Lipinski definition) is 1. The van der Waals surface area contributed by atoms with Crippen molar-refractivity contribution in [3.05, 3.63) is 77.4 Å².